The van der Waals surface area contributed by atoms with Crippen LogP contribution in [0.1, 0.15) is 73.3 Å². The summed E-state index contributed by atoms with van der Waals surface area (Å²) >= 11 is 0. The van der Waals surface area contributed by atoms with Gasteiger partial charge in [-0.3, -0.25) is 38.8 Å². The van der Waals surface area contributed by atoms with Crippen LogP contribution in [-0.2, 0) is 24.4 Å². The number of anilines is 3. The number of nitrogens with zero attached hydrogens (tertiary/aromatic N) is 8. The molecule has 0 saturated carbocycles. The summed E-state index contributed by atoms with van der Waals surface area (Å²) in [7, 11) is 0. The van der Waals surface area contributed by atoms with Crippen molar-refractivity contribution in [2.45, 2.75) is 60.0 Å². The number of allylic oxidation sites excluding steroid dienone is 1. The third kappa shape index (κ3) is 8.96. The molecule has 19 heteroatoms. The number of hydrogen-bond acceptors (Lipinski definition) is 12. The van der Waals surface area contributed by atoms with Gasteiger partial charge in [-0.2, -0.15) is 10.2 Å². The van der Waals surface area contributed by atoms with Crippen LogP contribution in [0.4, 0.5) is 17.3 Å². The molecule has 7 N–H and O–H groups in total. The van der Waals surface area contributed by atoms with E-state index in [1.54, 1.807) is 51.8 Å². The maximum atomic E-state index is 13.8. The first-order valence-electron chi connectivity index (χ1n) is 20.0. The summed E-state index contributed by atoms with van der Waals surface area (Å²) in [5, 5.41) is 18.2. The summed E-state index contributed by atoms with van der Waals surface area (Å²) in [5.41, 5.74) is 16.4. The molecule has 2 aliphatic rings. The highest BCUT2D eigenvalue weighted by molar-refractivity contribution is 6.03. The lowest BCUT2D eigenvalue weighted by Crippen LogP contribution is -2.50. The monoisotopic (exact) mass is 821 g/mol. The van der Waals surface area contributed by atoms with Crippen molar-refractivity contribution in [2.24, 2.45) is 11.5 Å². The molecule has 0 radical (unpaired) electrons. The van der Waals surface area contributed by atoms with Crippen LogP contribution in [0.25, 0.3) is 11.0 Å². The van der Waals surface area contributed by atoms with Crippen LogP contribution in [0.15, 0.2) is 54.6 Å². The molecule has 1 unspecified atom stereocenters. The zero-order chi connectivity index (χ0) is 42.5. The Morgan fingerprint density at radius 1 is 0.883 bits per heavy atom. The number of hydrogen-bond donors (Lipinski definition) is 5. The van der Waals surface area contributed by atoms with Gasteiger partial charge in [0.15, 0.2) is 6.29 Å². The van der Waals surface area contributed by atoms with E-state index in [-0.39, 0.29) is 42.0 Å². The van der Waals surface area contributed by atoms with Crippen LogP contribution in [-0.4, -0.2) is 110 Å². The lowest BCUT2D eigenvalue weighted by atomic mass is 10.1. The highest BCUT2D eigenvalue weighted by Crippen LogP contribution is 2.43. The molecule has 60 heavy (non-hydrogen) atoms. The number of aryl methyl sites for hydroxylation is 4. The number of nitrogens with one attached hydrogen (secondary N) is 3. The number of aromatic nitrogens is 6. The number of nitrogens with two attached hydrogens (primary N) is 2. The molecular weight excluding hydrogens is 771 g/mol. The number of carbonyl (C=O) groups is 4. The topological polar surface area (TPSA) is 235 Å². The van der Waals surface area contributed by atoms with Gasteiger partial charge >= 0.3 is 0 Å². The minimum absolute atomic E-state index is 0.254. The third-order valence-corrected chi connectivity index (χ3v) is 10.4. The SMILES string of the molecule is CCn1nc(C)cc1C(=O)Nc1nc2cc(C(N)=O)ccc2n1C/C=C/CN1c2c(cc(C(N)=O)cc2OCCCN2CCOCC2)NC1NC(=O)c1cc(C)nn1CC. The number of rotatable bonds is 17. The quantitative estimate of drug-likeness (QED) is 0.0673. The van der Waals surface area contributed by atoms with Crippen molar-refractivity contribution in [3.63, 3.8) is 0 Å². The zero-order valence-corrected chi connectivity index (χ0v) is 34.2. The van der Waals surface area contributed by atoms with Crippen molar-refractivity contribution in [3.05, 3.63) is 88.5 Å². The van der Waals surface area contributed by atoms with Gasteiger partial charge in [-0.05, 0) is 76.6 Å². The van der Waals surface area contributed by atoms with E-state index in [1.807, 2.05) is 49.3 Å². The Morgan fingerprint density at radius 2 is 1.55 bits per heavy atom. The average Bonchev–Trinajstić information content (AvgIpc) is 4.00. The Labute approximate surface area is 346 Å². The second-order valence-corrected chi connectivity index (χ2v) is 14.6. The standard InChI is InChI=1S/C41H51N13O6/c1-5-53-32(20-25(3)48-53)38(57)46-40-44-29-22-27(36(42)55)10-11-31(29)51(40)13-7-8-14-52-35-30(45-41(52)47-39(58)33-21-26(4)49-54(33)6-2)23-28(37(43)56)24-34(35)60-17-9-12-50-15-18-59-19-16-50/h7-8,10-11,20-24,41,45H,5-6,9,12-19H2,1-4H3,(H2,42,55)(H2,43,56)(H,47,58)(H,44,46,57)/b8-7+. The largest absolute Gasteiger partial charge is 0.491 e. The molecular formula is C41H51N13O6. The normalized spacial score (nSPS) is 15.3. The Morgan fingerprint density at radius 3 is 2.22 bits per heavy atom. The van der Waals surface area contributed by atoms with E-state index >= 15 is 0 Å². The second kappa shape index (κ2) is 18.0. The Balaban J connectivity index is 1.18. The van der Waals surface area contributed by atoms with E-state index in [1.165, 1.54) is 0 Å². The third-order valence-electron chi connectivity index (χ3n) is 10.4. The first-order chi connectivity index (χ1) is 28.9. The van der Waals surface area contributed by atoms with Crippen molar-refractivity contribution in [1.82, 2.24) is 39.3 Å². The number of imidazole rings is 1. The molecule has 1 atom stereocenters. The molecule has 0 aliphatic carbocycles. The van der Waals surface area contributed by atoms with Crippen LogP contribution in [0.3, 0.4) is 0 Å². The Bertz CT molecular complexity index is 2440. The van der Waals surface area contributed by atoms with Crippen LogP contribution in [0.5, 0.6) is 5.75 Å². The van der Waals surface area contributed by atoms with Gasteiger partial charge in [0.2, 0.25) is 17.8 Å². The maximum Gasteiger partial charge on any atom is 0.276 e. The molecule has 4 amide bonds. The molecule has 19 nitrogen and oxygen atoms in total. The lowest BCUT2D eigenvalue weighted by molar-refractivity contribution is 0.0358. The molecule has 2 aromatic carbocycles. The smallest absolute Gasteiger partial charge is 0.276 e. The number of morpholine rings is 1. The second-order valence-electron chi connectivity index (χ2n) is 14.6. The van der Waals surface area contributed by atoms with E-state index < -0.39 is 18.1 Å². The van der Waals surface area contributed by atoms with Gasteiger partial charge < -0.3 is 41.0 Å². The van der Waals surface area contributed by atoms with Crippen LogP contribution < -0.4 is 37.1 Å². The summed E-state index contributed by atoms with van der Waals surface area (Å²) in [5.74, 6) is -1.26. The summed E-state index contributed by atoms with van der Waals surface area (Å²) in [4.78, 5) is 60.9. The number of fused-ring (bicyclic) bond motifs is 2. The molecule has 316 valence electrons. The van der Waals surface area contributed by atoms with Gasteiger partial charge in [0, 0.05) is 56.9 Å². The van der Waals surface area contributed by atoms with Gasteiger partial charge in [0.1, 0.15) is 22.8 Å². The number of primary amides is 2. The van der Waals surface area contributed by atoms with Crippen LogP contribution in [0, 0.1) is 13.8 Å². The number of ether oxygens (including phenoxy) is 2. The van der Waals surface area contributed by atoms with Gasteiger partial charge in [-0.25, -0.2) is 4.98 Å². The van der Waals surface area contributed by atoms with Crippen LogP contribution in [0.2, 0.25) is 0 Å². The van der Waals surface area contributed by atoms with Crippen molar-refractivity contribution < 1.29 is 28.7 Å². The van der Waals surface area contributed by atoms with Crippen molar-refractivity contribution in [2.75, 3.05) is 61.5 Å². The first-order valence-corrected chi connectivity index (χ1v) is 20.0. The molecule has 3 aromatic heterocycles. The molecule has 7 rings (SSSR count). The Kier molecular flexibility index (Phi) is 12.5. The van der Waals surface area contributed by atoms with E-state index in [4.69, 9.17) is 20.9 Å². The molecule has 0 bridgehead atoms. The molecule has 0 spiro atoms. The fourth-order valence-electron chi connectivity index (χ4n) is 7.46. The molecule has 2 aliphatic heterocycles. The van der Waals surface area contributed by atoms with E-state index in [9.17, 15) is 19.2 Å². The van der Waals surface area contributed by atoms with E-state index in [0.29, 0.717) is 83.8 Å². The summed E-state index contributed by atoms with van der Waals surface area (Å²) in [6, 6.07) is 11.7. The van der Waals surface area contributed by atoms with Crippen molar-refractivity contribution >= 4 is 52.0 Å². The number of benzene rings is 2. The highest BCUT2D eigenvalue weighted by atomic mass is 16.5. The molecule has 1 saturated heterocycles. The fourth-order valence-corrected chi connectivity index (χ4v) is 7.46. The zero-order valence-electron chi connectivity index (χ0n) is 34.2. The van der Waals surface area contributed by atoms with Gasteiger partial charge in [-0.15, -0.1) is 0 Å². The summed E-state index contributed by atoms with van der Waals surface area (Å²) < 4.78 is 17.0. The maximum absolute atomic E-state index is 13.8. The van der Waals surface area contributed by atoms with Crippen molar-refractivity contribution in [3.8, 4) is 5.75 Å². The predicted molar refractivity (Wildman–Crippen MR) is 225 cm³/mol. The van der Waals surface area contributed by atoms with Crippen LogP contribution >= 0.6 is 0 Å². The minimum atomic E-state index is -0.764. The van der Waals surface area contributed by atoms with Gasteiger partial charge in [-0.1, -0.05) is 12.2 Å². The highest BCUT2D eigenvalue weighted by Gasteiger charge is 2.34. The van der Waals surface area contributed by atoms with Crippen molar-refractivity contribution in [1.29, 1.82) is 0 Å². The van der Waals surface area contributed by atoms with E-state index in [2.05, 4.69) is 36.0 Å². The summed E-state index contributed by atoms with van der Waals surface area (Å²) in [6.45, 7) is 13.3. The first kappa shape index (κ1) is 41.4. The predicted octanol–water partition coefficient (Wildman–Crippen LogP) is 2.84. The lowest BCUT2D eigenvalue weighted by Gasteiger charge is -2.28. The fraction of sp³-hybridized carbons (Fsp3) is 0.390. The number of carbonyl (C=O) groups excluding carboxylic acids is 4. The molecule has 5 aromatic rings. The van der Waals surface area contributed by atoms with E-state index in [0.717, 1.165) is 26.1 Å². The average molecular weight is 822 g/mol. The van der Waals surface area contributed by atoms with Gasteiger partial charge in [0.25, 0.3) is 11.8 Å². The molecule has 5 heterocycles. The minimum Gasteiger partial charge on any atom is -0.491 e. The Hall–Kier alpha value is -6.73. The summed E-state index contributed by atoms with van der Waals surface area (Å²) in [6.07, 6.45) is 3.81. The van der Waals surface area contributed by atoms with Gasteiger partial charge in [0.05, 0.1) is 47.9 Å². The molecule has 1 fully saturated rings. The number of amides is 4.